The van der Waals surface area contributed by atoms with Crippen molar-refractivity contribution < 1.29 is 9.53 Å². The lowest BCUT2D eigenvalue weighted by atomic mass is 10.0. The largest absolute Gasteiger partial charge is 0.490 e. The van der Waals surface area contributed by atoms with E-state index in [4.69, 9.17) is 4.74 Å². The van der Waals surface area contributed by atoms with Crippen LogP contribution in [0.4, 0.5) is 0 Å². The number of hydrogen-bond donors (Lipinski definition) is 1. The molecule has 1 saturated carbocycles. The molecule has 1 aromatic heterocycles. The summed E-state index contributed by atoms with van der Waals surface area (Å²) in [5, 5.41) is 3.40. The smallest absolute Gasteiger partial charge is 0.223 e. The van der Waals surface area contributed by atoms with Gasteiger partial charge in [0.25, 0.3) is 0 Å². The van der Waals surface area contributed by atoms with Gasteiger partial charge in [-0.25, -0.2) is 0 Å². The first kappa shape index (κ1) is 18.9. The SMILES string of the molecule is O=C(CCc1cccc(OC2CCCC2)c1)N1CCNCC1c1cccnc1. The highest BCUT2D eigenvalue weighted by molar-refractivity contribution is 5.77. The Morgan fingerprint density at radius 2 is 2.11 bits per heavy atom. The molecule has 0 bridgehead atoms. The number of benzene rings is 1. The molecule has 5 heteroatoms. The Labute approximate surface area is 167 Å². The Bertz CT molecular complexity index is 774. The lowest BCUT2D eigenvalue weighted by Gasteiger charge is -2.36. The van der Waals surface area contributed by atoms with Gasteiger partial charge >= 0.3 is 0 Å². The van der Waals surface area contributed by atoms with Crippen LogP contribution in [0.2, 0.25) is 0 Å². The molecular formula is C23H29N3O2. The average molecular weight is 380 g/mol. The number of hydrogen-bond acceptors (Lipinski definition) is 4. The fourth-order valence-electron chi connectivity index (χ4n) is 4.24. The van der Waals surface area contributed by atoms with Gasteiger partial charge in [-0.1, -0.05) is 18.2 Å². The van der Waals surface area contributed by atoms with E-state index in [1.807, 2.05) is 29.3 Å². The van der Waals surface area contributed by atoms with Gasteiger partial charge in [-0.3, -0.25) is 9.78 Å². The summed E-state index contributed by atoms with van der Waals surface area (Å²) < 4.78 is 6.10. The number of carbonyl (C=O) groups excluding carboxylic acids is 1. The Kier molecular flexibility index (Phi) is 6.22. The minimum atomic E-state index is 0.0620. The van der Waals surface area contributed by atoms with E-state index in [1.165, 1.54) is 12.8 Å². The van der Waals surface area contributed by atoms with E-state index in [-0.39, 0.29) is 11.9 Å². The maximum Gasteiger partial charge on any atom is 0.223 e. The summed E-state index contributed by atoms with van der Waals surface area (Å²) in [6, 6.07) is 12.3. The Morgan fingerprint density at radius 3 is 2.93 bits per heavy atom. The maximum absolute atomic E-state index is 13.0. The predicted octanol–water partition coefficient (Wildman–Crippen LogP) is 3.51. The minimum Gasteiger partial charge on any atom is -0.490 e. The van der Waals surface area contributed by atoms with Crippen molar-refractivity contribution >= 4 is 5.91 Å². The lowest BCUT2D eigenvalue weighted by molar-refractivity contribution is -0.134. The van der Waals surface area contributed by atoms with Crippen LogP contribution in [0, 0.1) is 0 Å². The highest BCUT2D eigenvalue weighted by Crippen LogP contribution is 2.26. The molecule has 1 aromatic carbocycles. The van der Waals surface area contributed by atoms with Crippen LogP contribution < -0.4 is 10.1 Å². The van der Waals surface area contributed by atoms with Crippen molar-refractivity contribution in [3.63, 3.8) is 0 Å². The standard InChI is InChI=1S/C23H29N3O2/c27-23(26-14-13-25-17-22(26)19-6-4-12-24-16-19)11-10-18-5-3-9-21(15-18)28-20-7-1-2-8-20/h3-6,9,12,15-16,20,22,25H,1-2,7-8,10-11,13-14,17H2. The third-order valence-electron chi connectivity index (χ3n) is 5.76. The molecule has 5 nitrogen and oxygen atoms in total. The molecule has 2 heterocycles. The van der Waals surface area contributed by atoms with Crippen LogP contribution in [0.15, 0.2) is 48.8 Å². The van der Waals surface area contributed by atoms with Crippen molar-refractivity contribution in [2.24, 2.45) is 0 Å². The first-order valence-electron chi connectivity index (χ1n) is 10.5. The van der Waals surface area contributed by atoms with Gasteiger partial charge in [0.1, 0.15) is 5.75 Å². The normalized spacial score (nSPS) is 20.3. The first-order chi connectivity index (χ1) is 13.8. The van der Waals surface area contributed by atoms with Crippen LogP contribution in [0.25, 0.3) is 0 Å². The molecular weight excluding hydrogens is 350 g/mol. The minimum absolute atomic E-state index is 0.0620. The molecule has 0 spiro atoms. The van der Waals surface area contributed by atoms with Crippen molar-refractivity contribution in [3.8, 4) is 5.75 Å². The van der Waals surface area contributed by atoms with Crippen molar-refractivity contribution in [1.82, 2.24) is 15.2 Å². The summed E-state index contributed by atoms with van der Waals surface area (Å²) in [6.45, 7) is 2.36. The van der Waals surface area contributed by atoms with Gasteiger partial charge in [-0.15, -0.1) is 0 Å². The van der Waals surface area contributed by atoms with Crippen LogP contribution in [0.1, 0.15) is 49.3 Å². The van der Waals surface area contributed by atoms with Gasteiger partial charge in [0.05, 0.1) is 12.1 Å². The fourth-order valence-corrected chi connectivity index (χ4v) is 4.24. The van der Waals surface area contributed by atoms with Gasteiger partial charge in [0.15, 0.2) is 0 Å². The van der Waals surface area contributed by atoms with E-state index >= 15 is 0 Å². The molecule has 0 radical (unpaired) electrons. The van der Waals surface area contributed by atoms with Gasteiger partial charge in [-0.05, 0) is 61.4 Å². The second kappa shape index (κ2) is 9.20. The first-order valence-corrected chi connectivity index (χ1v) is 10.5. The van der Waals surface area contributed by atoms with Crippen LogP contribution in [0.3, 0.4) is 0 Å². The van der Waals surface area contributed by atoms with Crippen LogP contribution in [-0.4, -0.2) is 41.5 Å². The average Bonchev–Trinajstić information content (AvgIpc) is 3.26. The molecule has 1 aliphatic carbocycles. The number of piperazine rings is 1. The lowest BCUT2D eigenvalue weighted by Crippen LogP contribution is -2.48. The van der Waals surface area contributed by atoms with Gasteiger partial charge in [0, 0.05) is 38.4 Å². The predicted molar refractivity (Wildman–Crippen MR) is 109 cm³/mol. The molecule has 1 saturated heterocycles. The van der Waals surface area contributed by atoms with Crippen LogP contribution >= 0.6 is 0 Å². The molecule has 148 valence electrons. The molecule has 2 aromatic rings. The number of nitrogens with one attached hydrogen (secondary N) is 1. The summed E-state index contributed by atoms with van der Waals surface area (Å²) in [5.74, 6) is 1.14. The summed E-state index contributed by atoms with van der Waals surface area (Å²) in [4.78, 5) is 19.2. The van der Waals surface area contributed by atoms with Crippen molar-refractivity contribution in [2.75, 3.05) is 19.6 Å². The highest BCUT2D eigenvalue weighted by Gasteiger charge is 2.27. The number of pyridine rings is 1. The summed E-state index contributed by atoms with van der Waals surface area (Å²) >= 11 is 0. The number of ether oxygens (including phenoxy) is 1. The topological polar surface area (TPSA) is 54.5 Å². The second-order valence-electron chi connectivity index (χ2n) is 7.77. The van der Waals surface area contributed by atoms with E-state index < -0.39 is 0 Å². The molecule has 2 fully saturated rings. The van der Waals surface area contributed by atoms with Gasteiger partial charge in [-0.2, -0.15) is 0 Å². The Morgan fingerprint density at radius 1 is 1.21 bits per heavy atom. The summed E-state index contributed by atoms with van der Waals surface area (Å²) in [5.41, 5.74) is 2.26. The third-order valence-corrected chi connectivity index (χ3v) is 5.76. The van der Waals surface area contributed by atoms with E-state index in [1.54, 1.807) is 6.20 Å². The second-order valence-corrected chi connectivity index (χ2v) is 7.77. The monoisotopic (exact) mass is 379 g/mol. The summed E-state index contributed by atoms with van der Waals surface area (Å²) in [6.07, 6.45) is 10.1. The van der Waals surface area contributed by atoms with Crippen molar-refractivity contribution in [1.29, 1.82) is 0 Å². The van der Waals surface area contributed by atoms with E-state index in [0.29, 0.717) is 12.5 Å². The Balaban J connectivity index is 1.36. The van der Waals surface area contributed by atoms with Crippen LogP contribution in [0.5, 0.6) is 5.75 Å². The number of nitrogens with zero attached hydrogens (tertiary/aromatic N) is 2. The zero-order valence-electron chi connectivity index (χ0n) is 16.3. The molecule has 1 aliphatic heterocycles. The number of aromatic nitrogens is 1. The molecule has 1 amide bonds. The van der Waals surface area contributed by atoms with Crippen molar-refractivity contribution in [2.45, 2.75) is 50.7 Å². The number of amides is 1. The molecule has 1 atom stereocenters. The highest BCUT2D eigenvalue weighted by atomic mass is 16.5. The molecule has 28 heavy (non-hydrogen) atoms. The molecule has 1 N–H and O–H groups in total. The number of carbonyl (C=O) groups is 1. The van der Waals surface area contributed by atoms with Crippen molar-refractivity contribution in [3.05, 3.63) is 59.9 Å². The Hall–Kier alpha value is -2.40. The molecule has 2 aliphatic rings. The van der Waals surface area contributed by atoms with Gasteiger partial charge < -0.3 is 15.0 Å². The fraction of sp³-hybridized carbons (Fsp3) is 0.478. The van der Waals surface area contributed by atoms with E-state index in [2.05, 4.69) is 28.5 Å². The van der Waals surface area contributed by atoms with E-state index in [0.717, 1.165) is 55.8 Å². The summed E-state index contributed by atoms with van der Waals surface area (Å²) in [7, 11) is 0. The van der Waals surface area contributed by atoms with Crippen LogP contribution in [-0.2, 0) is 11.2 Å². The zero-order chi connectivity index (χ0) is 19.2. The maximum atomic E-state index is 13.0. The van der Waals surface area contributed by atoms with E-state index in [9.17, 15) is 4.79 Å². The number of aryl methyl sites for hydroxylation is 1. The number of rotatable bonds is 6. The third kappa shape index (κ3) is 4.71. The molecule has 1 unspecified atom stereocenters. The quantitative estimate of drug-likeness (QED) is 0.835. The zero-order valence-corrected chi connectivity index (χ0v) is 16.3. The van der Waals surface area contributed by atoms with Gasteiger partial charge in [0.2, 0.25) is 5.91 Å². The molecule has 4 rings (SSSR count).